The van der Waals surface area contributed by atoms with Crippen molar-refractivity contribution in [2.75, 3.05) is 4.72 Å². The summed E-state index contributed by atoms with van der Waals surface area (Å²) in [6, 6.07) is 11.4. The molecule has 0 spiro atoms. The van der Waals surface area contributed by atoms with Crippen molar-refractivity contribution in [3.8, 4) is 0 Å². The summed E-state index contributed by atoms with van der Waals surface area (Å²) in [5, 5.41) is 0. The summed E-state index contributed by atoms with van der Waals surface area (Å²) < 4.78 is 53.3. The quantitative estimate of drug-likeness (QED) is 0.778. The fourth-order valence-electron chi connectivity index (χ4n) is 1.94. The summed E-state index contributed by atoms with van der Waals surface area (Å²) in [7, 11) is -7.78. The Morgan fingerprint density at radius 3 is 1.77 bits per heavy atom. The van der Waals surface area contributed by atoms with Crippen LogP contribution in [0.25, 0.3) is 0 Å². The molecule has 0 fully saturated rings. The molecule has 0 aliphatic rings. The second-order valence-electron chi connectivity index (χ2n) is 6.07. The minimum atomic E-state index is -4.00. The van der Waals surface area contributed by atoms with Crippen LogP contribution in [0.4, 0.5) is 5.69 Å². The third-order valence-electron chi connectivity index (χ3n) is 3.51. The van der Waals surface area contributed by atoms with Gasteiger partial charge in [0, 0.05) is 11.6 Å². The van der Waals surface area contributed by atoms with Crippen LogP contribution in [0.5, 0.6) is 0 Å². The van der Waals surface area contributed by atoms with Crippen molar-refractivity contribution in [2.24, 2.45) is 5.92 Å². The Hall–Kier alpha value is -2.39. The van der Waals surface area contributed by atoms with E-state index in [-0.39, 0.29) is 15.5 Å². The first-order valence-corrected chi connectivity index (χ1v) is 10.7. The number of nitrogens with one attached hydrogen (secondary N) is 2. The molecule has 1 amide bonds. The second kappa shape index (κ2) is 7.46. The van der Waals surface area contributed by atoms with Gasteiger partial charge in [-0.15, -0.1) is 0 Å². The van der Waals surface area contributed by atoms with Crippen LogP contribution in [0.3, 0.4) is 0 Å². The Balaban J connectivity index is 2.19. The summed E-state index contributed by atoms with van der Waals surface area (Å²) in [6.45, 7) is 5.00. The van der Waals surface area contributed by atoms with Crippen molar-refractivity contribution in [3.63, 3.8) is 0 Å². The lowest BCUT2D eigenvalue weighted by Crippen LogP contribution is -2.33. The van der Waals surface area contributed by atoms with Gasteiger partial charge in [0.2, 0.25) is 5.91 Å². The van der Waals surface area contributed by atoms with E-state index < -0.39 is 31.9 Å². The van der Waals surface area contributed by atoms with Crippen molar-refractivity contribution in [1.29, 1.82) is 0 Å². The van der Waals surface area contributed by atoms with Gasteiger partial charge >= 0.3 is 0 Å². The van der Waals surface area contributed by atoms with Gasteiger partial charge in [0.05, 0.1) is 9.79 Å². The Labute approximate surface area is 153 Å². The standard InChI is InChI=1S/C17H20N2O5S2/c1-12(2)17(20)19-26(23,24)16-10-6-14(7-11-16)18-25(21,22)15-8-4-13(3)5-9-15/h4-12,18H,1-3H3,(H,19,20). The van der Waals surface area contributed by atoms with Crippen molar-refractivity contribution >= 4 is 31.6 Å². The zero-order chi connectivity index (χ0) is 19.5. The number of sulfonamides is 2. The molecule has 0 aromatic heterocycles. The highest BCUT2D eigenvalue weighted by atomic mass is 32.2. The Morgan fingerprint density at radius 1 is 0.808 bits per heavy atom. The van der Waals surface area contributed by atoms with Crippen LogP contribution >= 0.6 is 0 Å². The molecular weight excluding hydrogens is 376 g/mol. The first-order valence-electron chi connectivity index (χ1n) is 7.77. The lowest BCUT2D eigenvalue weighted by molar-refractivity contribution is -0.122. The third kappa shape index (κ3) is 4.83. The first kappa shape index (κ1) is 19.9. The van der Waals surface area contributed by atoms with Gasteiger partial charge in [-0.2, -0.15) is 0 Å². The summed E-state index contributed by atoms with van der Waals surface area (Å²) in [5.74, 6) is -1.10. The second-order valence-corrected chi connectivity index (χ2v) is 9.43. The van der Waals surface area contributed by atoms with E-state index in [9.17, 15) is 21.6 Å². The van der Waals surface area contributed by atoms with Crippen molar-refractivity contribution < 1.29 is 21.6 Å². The normalized spacial score (nSPS) is 12.0. The maximum atomic E-state index is 12.3. The van der Waals surface area contributed by atoms with Gasteiger partial charge in [0.25, 0.3) is 20.0 Å². The highest BCUT2D eigenvalue weighted by Crippen LogP contribution is 2.19. The largest absolute Gasteiger partial charge is 0.280 e. The molecule has 0 aliphatic heterocycles. The number of amides is 1. The van der Waals surface area contributed by atoms with Crippen LogP contribution in [0, 0.1) is 12.8 Å². The Bertz CT molecular complexity index is 994. The monoisotopic (exact) mass is 396 g/mol. The number of rotatable bonds is 6. The Morgan fingerprint density at radius 2 is 1.27 bits per heavy atom. The predicted molar refractivity (Wildman–Crippen MR) is 98.6 cm³/mol. The summed E-state index contributed by atoms with van der Waals surface area (Å²) in [4.78, 5) is 11.6. The van der Waals surface area contributed by atoms with Gasteiger partial charge in [-0.05, 0) is 43.3 Å². The molecule has 26 heavy (non-hydrogen) atoms. The predicted octanol–water partition coefficient (Wildman–Crippen LogP) is 2.26. The number of carbonyl (C=O) groups excluding carboxylic acids is 1. The zero-order valence-corrected chi connectivity index (χ0v) is 16.2. The third-order valence-corrected chi connectivity index (χ3v) is 6.27. The molecule has 0 heterocycles. The van der Waals surface area contributed by atoms with Gasteiger partial charge in [-0.1, -0.05) is 31.5 Å². The van der Waals surface area contributed by atoms with Gasteiger partial charge in [0.1, 0.15) is 0 Å². The number of aryl methyl sites for hydroxylation is 1. The molecule has 140 valence electrons. The topological polar surface area (TPSA) is 109 Å². The fourth-order valence-corrected chi connectivity index (χ4v) is 4.11. The minimum absolute atomic E-state index is 0.101. The molecule has 0 atom stereocenters. The van der Waals surface area contributed by atoms with Crippen molar-refractivity contribution in [2.45, 2.75) is 30.6 Å². The van der Waals surface area contributed by atoms with E-state index in [1.54, 1.807) is 26.0 Å². The fraction of sp³-hybridized carbons (Fsp3) is 0.235. The van der Waals surface area contributed by atoms with Crippen LogP contribution in [0.15, 0.2) is 58.3 Å². The van der Waals surface area contributed by atoms with E-state index in [0.29, 0.717) is 0 Å². The molecule has 0 saturated heterocycles. The molecule has 0 bridgehead atoms. The zero-order valence-electron chi connectivity index (χ0n) is 14.6. The average Bonchev–Trinajstić information content (AvgIpc) is 2.55. The molecule has 0 saturated carbocycles. The molecule has 2 aromatic rings. The number of anilines is 1. The van der Waals surface area contributed by atoms with Crippen LogP contribution in [0.1, 0.15) is 19.4 Å². The molecule has 0 aliphatic carbocycles. The molecule has 7 nitrogen and oxygen atoms in total. The summed E-state index contributed by atoms with van der Waals surface area (Å²) in [6.07, 6.45) is 0. The SMILES string of the molecule is Cc1ccc(S(=O)(=O)Nc2ccc(S(=O)(=O)NC(=O)C(C)C)cc2)cc1. The summed E-state index contributed by atoms with van der Waals surface area (Å²) in [5.41, 5.74) is 1.14. The van der Waals surface area contributed by atoms with Gasteiger partial charge < -0.3 is 0 Å². The summed E-state index contributed by atoms with van der Waals surface area (Å²) >= 11 is 0. The van der Waals surface area contributed by atoms with E-state index in [4.69, 9.17) is 0 Å². The Kier molecular flexibility index (Phi) is 5.72. The van der Waals surface area contributed by atoms with E-state index in [2.05, 4.69) is 4.72 Å². The van der Waals surface area contributed by atoms with Gasteiger partial charge in [-0.3, -0.25) is 9.52 Å². The van der Waals surface area contributed by atoms with E-state index in [0.717, 1.165) is 5.56 Å². The minimum Gasteiger partial charge on any atom is -0.280 e. The lowest BCUT2D eigenvalue weighted by atomic mass is 10.2. The van der Waals surface area contributed by atoms with E-state index in [1.165, 1.54) is 36.4 Å². The molecule has 0 unspecified atom stereocenters. The molecule has 0 radical (unpaired) electrons. The van der Waals surface area contributed by atoms with Crippen molar-refractivity contribution in [1.82, 2.24) is 4.72 Å². The van der Waals surface area contributed by atoms with Gasteiger partial charge in [0.15, 0.2) is 0 Å². The van der Waals surface area contributed by atoms with Crippen LogP contribution in [-0.4, -0.2) is 22.7 Å². The van der Waals surface area contributed by atoms with E-state index >= 15 is 0 Å². The van der Waals surface area contributed by atoms with Crippen LogP contribution in [0.2, 0.25) is 0 Å². The van der Waals surface area contributed by atoms with Gasteiger partial charge in [-0.25, -0.2) is 21.6 Å². The van der Waals surface area contributed by atoms with Crippen LogP contribution in [-0.2, 0) is 24.8 Å². The number of hydrogen-bond acceptors (Lipinski definition) is 5. The molecule has 2 N–H and O–H groups in total. The highest BCUT2D eigenvalue weighted by Gasteiger charge is 2.20. The highest BCUT2D eigenvalue weighted by molar-refractivity contribution is 7.92. The first-order chi connectivity index (χ1) is 12.0. The molecular formula is C17H20N2O5S2. The molecule has 2 aromatic carbocycles. The van der Waals surface area contributed by atoms with E-state index in [1.807, 2.05) is 11.6 Å². The number of benzene rings is 2. The number of hydrogen-bond donors (Lipinski definition) is 2. The maximum Gasteiger partial charge on any atom is 0.264 e. The molecule has 2 rings (SSSR count). The smallest absolute Gasteiger partial charge is 0.264 e. The molecule has 9 heteroatoms. The van der Waals surface area contributed by atoms with Crippen molar-refractivity contribution in [3.05, 3.63) is 54.1 Å². The number of carbonyl (C=O) groups is 1. The van der Waals surface area contributed by atoms with Crippen LogP contribution < -0.4 is 9.44 Å². The lowest BCUT2D eigenvalue weighted by Gasteiger charge is -2.11. The average molecular weight is 396 g/mol. The maximum absolute atomic E-state index is 12.3.